The maximum Gasteiger partial charge on any atom is 0.416 e. The topological polar surface area (TPSA) is 37.4 Å². The Labute approximate surface area is 160 Å². The molecule has 0 aliphatic heterocycles. The minimum Gasteiger partial charge on any atom is -0.281 e. The van der Waals surface area contributed by atoms with Gasteiger partial charge in [0.1, 0.15) is 5.82 Å². The molecule has 0 bridgehead atoms. The van der Waals surface area contributed by atoms with Gasteiger partial charge in [-0.2, -0.15) is 13.2 Å². The van der Waals surface area contributed by atoms with Gasteiger partial charge in [-0.3, -0.25) is 14.5 Å². The van der Waals surface area contributed by atoms with Crippen molar-refractivity contribution in [3.63, 3.8) is 0 Å². The van der Waals surface area contributed by atoms with Crippen LogP contribution in [0.15, 0.2) is 48.5 Å². The van der Waals surface area contributed by atoms with E-state index in [-0.39, 0.29) is 18.5 Å². The third-order valence-corrected chi connectivity index (χ3v) is 5.25. The average molecular weight is 393 g/mol. The Bertz CT molecular complexity index is 882. The fourth-order valence-corrected chi connectivity index (χ4v) is 3.58. The van der Waals surface area contributed by atoms with Gasteiger partial charge in [0.25, 0.3) is 0 Å². The van der Waals surface area contributed by atoms with Crippen molar-refractivity contribution in [1.29, 1.82) is 0 Å². The van der Waals surface area contributed by atoms with Crippen molar-refractivity contribution in [2.24, 2.45) is 5.41 Å². The van der Waals surface area contributed by atoms with E-state index in [2.05, 4.69) is 0 Å². The first-order valence-electron chi connectivity index (χ1n) is 8.79. The molecule has 1 aliphatic carbocycles. The average Bonchev–Trinajstić information content (AvgIpc) is 3.30. The number of rotatable bonds is 6. The van der Waals surface area contributed by atoms with Crippen LogP contribution in [0.1, 0.15) is 42.4 Å². The maximum atomic E-state index is 13.3. The number of hydrogen-bond acceptors (Lipinski definition) is 2. The van der Waals surface area contributed by atoms with E-state index in [1.54, 1.807) is 31.2 Å². The number of benzene rings is 2. The molecule has 2 atom stereocenters. The van der Waals surface area contributed by atoms with Gasteiger partial charge in [0, 0.05) is 6.42 Å². The third-order valence-electron chi connectivity index (χ3n) is 5.25. The Kier molecular flexibility index (Phi) is 5.28. The first kappa shape index (κ1) is 20.0. The number of hydrogen-bond donors (Lipinski definition) is 0. The summed E-state index contributed by atoms with van der Waals surface area (Å²) in [5.41, 5.74) is -0.944. The van der Waals surface area contributed by atoms with Crippen molar-refractivity contribution in [1.82, 2.24) is 4.90 Å². The van der Waals surface area contributed by atoms with Crippen LogP contribution in [0.5, 0.6) is 0 Å². The highest BCUT2D eigenvalue weighted by Gasteiger charge is 2.54. The molecule has 0 aromatic heterocycles. The minimum absolute atomic E-state index is 0.00934. The van der Waals surface area contributed by atoms with Crippen LogP contribution in [0.2, 0.25) is 0 Å². The van der Waals surface area contributed by atoms with Crippen LogP contribution in [-0.2, 0) is 22.3 Å². The van der Waals surface area contributed by atoms with E-state index in [0.29, 0.717) is 18.9 Å². The highest BCUT2D eigenvalue weighted by atomic mass is 19.4. The third kappa shape index (κ3) is 4.24. The second-order valence-corrected chi connectivity index (χ2v) is 7.43. The quantitative estimate of drug-likeness (QED) is 0.516. The molecule has 0 radical (unpaired) electrons. The molecule has 1 fully saturated rings. The molecule has 28 heavy (non-hydrogen) atoms. The predicted molar refractivity (Wildman–Crippen MR) is 94.5 cm³/mol. The van der Waals surface area contributed by atoms with Gasteiger partial charge in [-0.05, 0) is 41.0 Å². The SMILES string of the molecule is C[C@@]1(CC(=O)N(C=O)Cc2ccccc2)C[C@@H]1c1ccc(F)cc1C(F)(F)F. The maximum absolute atomic E-state index is 13.3. The van der Waals surface area contributed by atoms with Gasteiger partial charge in [0.2, 0.25) is 12.3 Å². The van der Waals surface area contributed by atoms with Gasteiger partial charge in [0.05, 0.1) is 12.1 Å². The molecule has 7 heteroatoms. The van der Waals surface area contributed by atoms with E-state index >= 15 is 0 Å². The van der Waals surface area contributed by atoms with Crippen molar-refractivity contribution < 1.29 is 27.2 Å². The first-order chi connectivity index (χ1) is 13.1. The smallest absolute Gasteiger partial charge is 0.281 e. The van der Waals surface area contributed by atoms with Crippen molar-refractivity contribution in [3.05, 3.63) is 71.0 Å². The number of nitrogens with zero attached hydrogens (tertiary/aromatic N) is 1. The number of alkyl halides is 3. The Morgan fingerprint density at radius 1 is 1.21 bits per heavy atom. The van der Waals surface area contributed by atoms with Crippen molar-refractivity contribution in [2.75, 3.05) is 0 Å². The summed E-state index contributed by atoms with van der Waals surface area (Å²) in [5.74, 6) is -1.91. The second-order valence-electron chi connectivity index (χ2n) is 7.43. The van der Waals surface area contributed by atoms with Gasteiger partial charge in [-0.15, -0.1) is 0 Å². The Morgan fingerprint density at radius 3 is 2.50 bits per heavy atom. The zero-order chi connectivity index (χ0) is 20.5. The summed E-state index contributed by atoms with van der Waals surface area (Å²) in [6.07, 6.45) is -3.92. The monoisotopic (exact) mass is 393 g/mol. The summed E-state index contributed by atoms with van der Waals surface area (Å²) in [6.45, 7) is 1.82. The standard InChI is InChI=1S/C21H19F4NO2/c1-20(11-19(28)26(13-27)12-14-5-3-2-4-6-14)10-18(20)16-8-7-15(22)9-17(16)21(23,24)25/h2-9,13,18H,10-12H2,1H3/t18-,20+/m1/s1. The molecule has 148 valence electrons. The van der Waals surface area contributed by atoms with Gasteiger partial charge in [-0.25, -0.2) is 4.39 Å². The van der Waals surface area contributed by atoms with E-state index in [0.717, 1.165) is 22.6 Å². The van der Waals surface area contributed by atoms with Crippen molar-refractivity contribution in [2.45, 2.75) is 38.4 Å². The van der Waals surface area contributed by atoms with Crippen LogP contribution >= 0.6 is 0 Å². The largest absolute Gasteiger partial charge is 0.416 e. The summed E-state index contributed by atoms with van der Waals surface area (Å²) >= 11 is 0. The molecular formula is C21H19F4NO2. The number of amides is 2. The molecule has 0 N–H and O–H groups in total. The number of imide groups is 1. The molecular weight excluding hydrogens is 374 g/mol. The van der Waals surface area contributed by atoms with E-state index in [1.807, 2.05) is 6.07 Å². The summed E-state index contributed by atoms with van der Waals surface area (Å²) in [4.78, 5) is 24.9. The zero-order valence-electron chi connectivity index (χ0n) is 15.2. The predicted octanol–water partition coefficient (Wildman–Crippen LogP) is 4.91. The molecule has 2 aromatic rings. The Balaban J connectivity index is 1.74. The number of carbonyl (C=O) groups excluding carboxylic acids is 2. The lowest BCUT2D eigenvalue weighted by Gasteiger charge is -2.20. The molecule has 2 amide bonds. The molecule has 3 nitrogen and oxygen atoms in total. The molecule has 1 saturated carbocycles. The lowest BCUT2D eigenvalue weighted by molar-refractivity contribution is -0.139. The fourth-order valence-electron chi connectivity index (χ4n) is 3.58. The second kappa shape index (κ2) is 7.37. The van der Waals surface area contributed by atoms with E-state index < -0.39 is 34.8 Å². The molecule has 2 aromatic carbocycles. The summed E-state index contributed by atoms with van der Waals surface area (Å²) in [7, 11) is 0. The highest BCUT2D eigenvalue weighted by molar-refractivity contribution is 5.87. The number of carbonyl (C=O) groups is 2. The van der Waals surface area contributed by atoms with Gasteiger partial charge < -0.3 is 0 Å². The Hall–Kier alpha value is -2.70. The van der Waals surface area contributed by atoms with Crippen LogP contribution in [0.25, 0.3) is 0 Å². The molecule has 0 saturated heterocycles. The minimum atomic E-state index is -4.67. The lowest BCUT2D eigenvalue weighted by Crippen LogP contribution is -2.30. The van der Waals surface area contributed by atoms with Crippen LogP contribution in [-0.4, -0.2) is 17.2 Å². The van der Waals surface area contributed by atoms with Crippen LogP contribution < -0.4 is 0 Å². The van der Waals surface area contributed by atoms with Gasteiger partial charge in [-0.1, -0.05) is 43.3 Å². The Morgan fingerprint density at radius 2 is 1.89 bits per heavy atom. The van der Waals surface area contributed by atoms with E-state index in [1.165, 1.54) is 0 Å². The summed E-state index contributed by atoms with van der Waals surface area (Å²) in [6, 6.07) is 11.6. The van der Waals surface area contributed by atoms with Crippen LogP contribution in [0.4, 0.5) is 17.6 Å². The van der Waals surface area contributed by atoms with E-state index in [9.17, 15) is 27.2 Å². The van der Waals surface area contributed by atoms with Crippen LogP contribution in [0.3, 0.4) is 0 Å². The van der Waals surface area contributed by atoms with E-state index in [4.69, 9.17) is 0 Å². The molecule has 3 rings (SSSR count). The zero-order valence-corrected chi connectivity index (χ0v) is 15.2. The normalized spacial score (nSPS) is 21.2. The van der Waals surface area contributed by atoms with Crippen LogP contribution in [0, 0.1) is 11.2 Å². The van der Waals surface area contributed by atoms with Crippen molar-refractivity contribution in [3.8, 4) is 0 Å². The molecule has 0 spiro atoms. The van der Waals surface area contributed by atoms with Crippen molar-refractivity contribution >= 4 is 12.3 Å². The highest BCUT2D eigenvalue weighted by Crippen LogP contribution is 2.62. The first-order valence-corrected chi connectivity index (χ1v) is 8.79. The van der Waals surface area contributed by atoms with Gasteiger partial charge >= 0.3 is 6.18 Å². The fraction of sp³-hybridized carbons (Fsp3) is 0.333. The van der Waals surface area contributed by atoms with Gasteiger partial charge in [0.15, 0.2) is 0 Å². The molecule has 0 heterocycles. The molecule has 0 unspecified atom stereocenters. The number of halogens is 4. The summed E-state index contributed by atoms with van der Waals surface area (Å²) < 4.78 is 53.1. The molecule has 1 aliphatic rings. The summed E-state index contributed by atoms with van der Waals surface area (Å²) in [5, 5.41) is 0. The lowest BCUT2D eigenvalue weighted by atomic mass is 9.93.